The van der Waals surface area contributed by atoms with E-state index in [2.05, 4.69) is 17.2 Å². The van der Waals surface area contributed by atoms with Gasteiger partial charge in [-0.3, -0.25) is 20.3 Å². The van der Waals surface area contributed by atoms with Crippen molar-refractivity contribution in [3.63, 3.8) is 0 Å². The van der Waals surface area contributed by atoms with Gasteiger partial charge in [0.2, 0.25) is 5.91 Å². The van der Waals surface area contributed by atoms with E-state index >= 15 is 0 Å². The van der Waals surface area contributed by atoms with Crippen LogP contribution in [0.2, 0.25) is 0 Å². The number of urea groups is 1. The molecule has 8 heteroatoms. The van der Waals surface area contributed by atoms with Gasteiger partial charge in [-0.1, -0.05) is 24.3 Å². The minimum absolute atomic E-state index is 0.167. The Morgan fingerprint density at radius 2 is 2.00 bits per heavy atom. The molecular weight excluding hydrogens is 352 g/mol. The van der Waals surface area contributed by atoms with Crippen molar-refractivity contribution in [2.45, 2.75) is 17.7 Å². The van der Waals surface area contributed by atoms with Gasteiger partial charge in [-0.25, -0.2) is 4.79 Å². The molecule has 1 aromatic carbocycles. The summed E-state index contributed by atoms with van der Waals surface area (Å²) in [5.74, 6) is 0.877. The number of methoxy groups -OCH3 is 1. The summed E-state index contributed by atoms with van der Waals surface area (Å²) in [5.41, 5.74) is 0.935. The molecule has 0 saturated carbocycles. The summed E-state index contributed by atoms with van der Waals surface area (Å²) in [6.07, 6.45) is 1.17. The Morgan fingerprint density at radius 3 is 2.69 bits per heavy atom. The molecular formula is C18H24N4O3S. The fourth-order valence-electron chi connectivity index (χ4n) is 3.45. The van der Waals surface area contributed by atoms with Crippen LogP contribution in [0.5, 0.6) is 5.75 Å². The summed E-state index contributed by atoms with van der Waals surface area (Å²) < 4.78 is 5.48. The molecule has 26 heavy (non-hydrogen) atoms. The van der Waals surface area contributed by atoms with Gasteiger partial charge in [-0.2, -0.15) is 0 Å². The molecule has 0 aliphatic carbocycles. The molecule has 4 atom stereocenters. The second-order valence-corrected chi connectivity index (χ2v) is 7.49. The van der Waals surface area contributed by atoms with E-state index in [1.54, 1.807) is 30.8 Å². The van der Waals surface area contributed by atoms with E-state index in [4.69, 9.17) is 4.74 Å². The van der Waals surface area contributed by atoms with Gasteiger partial charge in [0.25, 0.3) is 0 Å². The molecule has 2 saturated heterocycles. The predicted octanol–water partition coefficient (Wildman–Crippen LogP) is 1.60. The Balaban J connectivity index is 1.96. The molecule has 0 spiro atoms. The van der Waals surface area contributed by atoms with Crippen molar-refractivity contribution in [3.8, 4) is 5.75 Å². The van der Waals surface area contributed by atoms with Crippen LogP contribution in [0, 0.1) is 5.92 Å². The van der Waals surface area contributed by atoms with Crippen LogP contribution >= 0.6 is 11.8 Å². The predicted molar refractivity (Wildman–Crippen MR) is 102 cm³/mol. The SMILES string of the molecule is C=CCSC1NC(c2ccccc2OC)NC2C1C(=O)N(C)C(=O)N2C. The summed E-state index contributed by atoms with van der Waals surface area (Å²) in [4.78, 5) is 28.0. The lowest BCUT2D eigenvalue weighted by Gasteiger charge is -2.50. The summed E-state index contributed by atoms with van der Waals surface area (Å²) in [7, 11) is 4.87. The lowest BCUT2D eigenvalue weighted by atomic mass is 9.95. The fourth-order valence-corrected chi connectivity index (χ4v) is 4.50. The number of carbonyl (C=O) groups excluding carboxylic acids is 2. The average molecular weight is 376 g/mol. The first-order chi connectivity index (χ1) is 12.5. The number of thioether (sulfide) groups is 1. The topological polar surface area (TPSA) is 73.9 Å². The molecule has 2 N–H and O–H groups in total. The third-order valence-corrected chi connectivity index (χ3v) is 6.02. The Labute approximate surface area is 157 Å². The lowest BCUT2D eigenvalue weighted by molar-refractivity contribution is -0.140. The molecule has 2 fully saturated rings. The molecule has 2 aliphatic heterocycles. The van der Waals surface area contributed by atoms with Gasteiger partial charge in [-0.15, -0.1) is 18.3 Å². The van der Waals surface area contributed by atoms with Crippen LogP contribution in [-0.2, 0) is 4.79 Å². The number of benzene rings is 1. The van der Waals surface area contributed by atoms with Crippen molar-refractivity contribution in [2.24, 2.45) is 5.92 Å². The summed E-state index contributed by atoms with van der Waals surface area (Å²) >= 11 is 1.61. The van der Waals surface area contributed by atoms with Gasteiger partial charge in [0, 0.05) is 25.4 Å². The number of amides is 3. The summed E-state index contributed by atoms with van der Waals surface area (Å²) in [6.45, 7) is 3.77. The maximum absolute atomic E-state index is 12.8. The molecule has 0 aromatic heterocycles. The van der Waals surface area contributed by atoms with Crippen LogP contribution in [-0.4, -0.2) is 60.2 Å². The van der Waals surface area contributed by atoms with Gasteiger partial charge >= 0.3 is 6.03 Å². The first kappa shape index (κ1) is 18.8. The summed E-state index contributed by atoms with van der Waals surface area (Å²) in [6, 6.07) is 7.40. The quantitative estimate of drug-likeness (QED) is 0.761. The molecule has 3 rings (SSSR count). The van der Waals surface area contributed by atoms with Gasteiger partial charge in [0.1, 0.15) is 5.75 Å². The highest BCUT2D eigenvalue weighted by atomic mass is 32.2. The first-order valence-electron chi connectivity index (χ1n) is 8.41. The number of carbonyl (C=O) groups is 2. The van der Waals surface area contributed by atoms with Crippen molar-refractivity contribution in [2.75, 3.05) is 27.0 Å². The Morgan fingerprint density at radius 1 is 1.27 bits per heavy atom. The average Bonchev–Trinajstić information content (AvgIpc) is 2.68. The van der Waals surface area contributed by atoms with E-state index in [1.807, 2.05) is 30.3 Å². The Hall–Kier alpha value is -2.03. The standard InChI is InChI=1S/C18H24N4O3S/c1-5-10-26-16-13-15(21(2)18(24)22(3)17(13)23)19-14(20-16)11-8-6-7-9-12(11)25-4/h5-9,13-16,19-20H,1,10H2,2-4H3. The first-order valence-corrected chi connectivity index (χ1v) is 9.46. The largest absolute Gasteiger partial charge is 0.496 e. The number of nitrogens with one attached hydrogen (secondary N) is 2. The van der Waals surface area contributed by atoms with Crippen LogP contribution in [0.25, 0.3) is 0 Å². The normalized spacial score (nSPS) is 28.7. The van der Waals surface area contributed by atoms with Gasteiger partial charge < -0.3 is 9.64 Å². The molecule has 7 nitrogen and oxygen atoms in total. The molecule has 2 heterocycles. The highest BCUT2D eigenvalue weighted by Crippen LogP contribution is 2.36. The molecule has 0 radical (unpaired) electrons. The van der Waals surface area contributed by atoms with Crippen LogP contribution in [0.1, 0.15) is 11.7 Å². The second kappa shape index (κ2) is 7.69. The zero-order valence-corrected chi connectivity index (χ0v) is 16.0. The van der Waals surface area contributed by atoms with Crippen LogP contribution in [0.3, 0.4) is 0 Å². The van der Waals surface area contributed by atoms with E-state index < -0.39 is 12.1 Å². The number of imide groups is 1. The molecule has 0 bridgehead atoms. The number of ether oxygens (including phenoxy) is 1. The molecule has 140 valence electrons. The van der Waals surface area contributed by atoms with E-state index in [0.29, 0.717) is 5.75 Å². The van der Waals surface area contributed by atoms with E-state index in [-0.39, 0.29) is 23.5 Å². The maximum atomic E-state index is 12.8. The van der Waals surface area contributed by atoms with E-state index in [1.165, 1.54) is 11.9 Å². The van der Waals surface area contributed by atoms with Crippen molar-refractivity contribution < 1.29 is 14.3 Å². The fraction of sp³-hybridized carbons (Fsp3) is 0.444. The molecule has 4 unspecified atom stereocenters. The van der Waals surface area contributed by atoms with Gasteiger partial charge in [0.15, 0.2) is 0 Å². The second-order valence-electron chi connectivity index (χ2n) is 6.31. The Bertz CT molecular complexity index is 713. The minimum Gasteiger partial charge on any atom is -0.496 e. The minimum atomic E-state index is -0.398. The number of rotatable bonds is 5. The van der Waals surface area contributed by atoms with E-state index in [0.717, 1.165) is 11.3 Å². The highest BCUT2D eigenvalue weighted by molar-refractivity contribution is 8.00. The number of para-hydroxylation sites is 1. The van der Waals surface area contributed by atoms with Gasteiger partial charge in [-0.05, 0) is 6.07 Å². The number of fused-ring (bicyclic) bond motifs is 1. The lowest BCUT2D eigenvalue weighted by Crippen LogP contribution is -2.72. The maximum Gasteiger partial charge on any atom is 0.327 e. The third kappa shape index (κ3) is 3.20. The van der Waals surface area contributed by atoms with Crippen LogP contribution in [0.15, 0.2) is 36.9 Å². The zero-order valence-electron chi connectivity index (χ0n) is 15.1. The van der Waals surface area contributed by atoms with Crippen molar-refractivity contribution >= 4 is 23.7 Å². The van der Waals surface area contributed by atoms with Crippen molar-refractivity contribution in [1.82, 2.24) is 20.4 Å². The highest BCUT2D eigenvalue weighted by Gasteiger charge is 2.51. The Kier molecular flexibility index (Phi) is 5.55. The summed E-state index contributed by atoms with van der Waals surface area (Å²) in [5, 5.41) is 6.75. The molecule has 1 aromatic rings. The number of hydrogen-bond acceptors (Lipinski definition) is 6. The molecule has 2 aliphatic rings. The zero-order chi connectivity index (χ0) is 18.8. The third-order valence-electron chi connectivity index (χ3n) is 4.80. The number of hydrogen-bond donors (Lipinski definition) is 2. The molecule has 3 amide bonds. The monoisotopic (exact) mass is 376 g/mol. The van der Waals surface area contributed by atoms with Crippen molar-refractivity contribution in [1.29, 1.82) is 0 Å². The van der Waals surface area contributed by atoms with Crippen LogP contribution in [0.4, 0.5) is 4.79 Å². The van der Waals surface area contributed by atoms with Gasteiger partial charge in [0.05, 0.1) is 30.7 Å². The van der Waals surface area contributed by atoms with Crippen molar-refractivity contribution in [3.05, 3.63) is 42.5 Å². The number of nitrogens with zero attached hydrogens (tertiary/aromatic N) is 2. The van der Waals surface area contributed by atoms with E-state index in [9.17, 15) is 9.59 Å². The van der Waals surface area contributed by atoms with Crippen LogP contribution < -0.4 is 15.4 Å². The smallest absolute Gasteiger partial charge is 0.327 e.